The molecule has 1 fully saturated rings. The Labute approximate surface area is 102 Å². The normalized spacial score (nSPS) is 18.6. The molecule has 0 radical (unpaired) electrons. The average molecular weight is 248 g/mol. The highest BCUT2D eigenvalue weighted by molar-refractivity contribution is 7.77. The second-order valence-corrected chi connectivity index (χ2v) is 4.32. The predicted molar refractivity (Wildman–Crippen MR) is 63.9 cm³/mol. The molecule has 0 saturated carbocycles. The van der Waals surface area contributed by atoms with Gasteiger partial charge in [-0.05, 0) is 38.9 Å². The molecule has 0 bridgehead atoms. The van der Waals surface area contributed by atoms with Crippen LogP contribution in [0.5, 0.6) is 0 Å². The van der Waals surface area contributed by atoms with Crippen LogP contribution >= 0.6 is 12.8 Å². The van der Waals surface area contributed by atoms with Gasteiger partial charge in [0.05, 0.1) is 13.0 Å². The minimum atomic E-state index is -0.349. The van der Waals surface area contributed by atoms with Gasteiger partial charge in [0.25, 0.3) is 0 Å². The van der Waals surface area contributed by atoms with Crippen molar-refractivity contribution in [2.24, 2.45) is 5.92 Å². The third kappa shape index (κ3) is 5.69. The van der Waals surface area contributed by atoms with E-state index >= 15 is 0 Å². The Hall–Kier alpha value is -0.300. The third-order valence-corrected chi connectivity index (χ3v) is 2.89. The summed E-state index contributed by atoms with van der Waals surface area (Å²) in [6.07, 6.45) is 2.62. The standard InChI is InChI=1S/C10H20N2O3S/c1-12-5-2-9(3-6-12)8-14-7-4-10(13)15-11-16/h9,11,16H,2-8H2,1H3. The van der Waals surface area contributed by atoms with Gasteiger partial charge in [0.1, 0.15) is 0 Å². The van der Waals surface area contributed by atoms with Crippen LogP contribution in [0.15, 0.2) is 0 Å². The van der Waals surface area contributed by atoms with Crippen LogP contribution in [-0.4, -0.2) is 44.2 Å². The summed E-state index contributed by atoms with van der Waals surface area (Å²) >= 11 is 3.56. The summed E-state index contributed by atoms with van der Waals surface area (Å²) in [4.78, 5) is 19.7. The van der Waals surface area contributed by atoms with Crippen molar-refractivity contribution >= 4 is 18.8 Å². The molecule has 0 aromatic rings. The van der Waals surface area contributed by atoms with E-state index in [1.807, 2.05) is 4.89 Å². The van der Waals surface area contributed by atoms with E-state index in [9.17, 15) is 4.79 Å². The molecule has 1 aliphatic heterocycles. The number of rotatable bonds is 6. The highest BCUT2D eigenvalue weighted by Gasteiger charge is 2.16. The SMILES string of the molecule is CN1CCC(COCCC(=O)ONS)CC1. The van der Waals surface area contributed by atoms with Gasteiger partial charge < -0.3 is 14.5 Å². The van der Waals surface area contributed by atoms with Gasteiger partial charge >= 0.3 is 5.97 Å². The molecule has 0 aliphatic carbocycles. The van der Waals surface area contributed by atoms with Gasteiger partial charge in [0.15, 0.2) is 0 Å². The van der Waals surface area contributed by atoms with Crippen LogP contribution in [0.1, 0.15) is 19.3 Å². The lowest BCUT2D eigenvalue weighted by Gasteiger charge is -2.28. The largest absolute Gasteiger partial charge is 0.381 e. The van der Waals surface area contributed by atoms with E-state index < -0.39 is 0 Å². The smallest absolute Gasteiger partial charge is 0.328 e. The molecule has 5 nitrogen and oxygen atoms in total. The number of carbonyl (C=O) groups is 1. The Morgan fingerprint density at radius 3 is 2.81 bits per heavy atom. The maximum atomic E-state index is 10.9. The summed E-state index contributed by atoms with van der Waals surface area (Å²) in [6, 6.07) is 0. The number of carbonyl (C=O) groups excluding carboxylic acids is 1. The Bertz CT molecular complexity index is 208. The molecule has 1 rings (SSSR count). The number of likely N-dealkylation sites (tertiary alicyclic amines) is 1. The van der Waals surface area contributed by atoms with E-state index in [1.165, 1.54) is 12.8 Å². The first-order valence-electron chi connectivity index (χ1n) is 5.57. The first-order valence-corrected chi connectivity index (χ1v) is 6.02. The summed E-state index contributed by atoms with van der Waals surface area (Å²) in [5.41, 5.74) is 0. The molecule has 16 heavy (non-hydrogen) atoms. The second kappa shape index (κ2) is 7.89. The molecule has 0 amide bonds. The second-order valence-electron chi connectivity index (χ2n) is 4.14. The number of ether oxygens (including phenoxy) is 1. The van der Waals surface area contributed by atoms with Crippen molar-refractivity contribution in [3.8, 4) is 0 Å². The molecule has 94 valence electrons. The molecule has 0 atom stereocenters. The van der Waals surface area contributed by atoms with Crippen LogP contribution in [0.4, 0.5) is 0 Å². The van der Waals surface area contributed by atoms with E-state index in [0.29, 0.717) is 12.5 Å². The lowest BCUT2D eigenvalue weighted by molar-refractivity contribution is -0.147. The molecule has 1 saturated heterocycles. The summed E-state index contributed by atoms with van der Waals surface area (Å²) in [5, 5.41) is 0. The summed E-state index contributed by atoms with van der Waals surface area (Å²) in [5.74, 6) is 0.286. The van der Waals surface area contributed by atoms with Crippen molar-refractivity contribution in [2.45, 2.75) is 19.3 Å². The Balaban J connectivity index is 1.97. The minimum absolute atomic E-state index is 0.264. The fourth-order valence-electron chi connectivity index (χ4n) is 1.74. The van der Waals surface area contributed by atoms with E-state index in [-0.39, 0.29) is 12.4 Å². The molecule has 6 heteroatoms. The fourth-order valence-corrected chi connectivity index (χ4v) is 1.84. The molecule has 1 aliphatic rings. The van der Waals surface area contributed by atoms with Crippen LogP contribution in [0.2, 0.25) is 0 Å². The Morgan fingerprint density at radius 1 is 1.50 bits per heavy atom. The van der Waals surface area contributed by atoms with Gasteiger partial charge in [-0.3, -0.25) is 4.79 Å². The molecule has 0 unspecified atom stereocenters. The number of hydrogen-bond donors (Lipinski definition) is 2. The van der Waals surface area contributed by atoms with Gasteiger partial charge in [-0.15, -0.1) is 0 Å². The van der Waals surface area contributed by atoms with Gasteiger partial charge in [-0.2, -0.15) is 0 Å². The monoisotopic (exact) mass is 248 g/mol. The first-order chi connectivity index (χ1) is 7.72. The topological polar surface area (TPSA) is 50.8 Å². The van der Waals surface area contributed by atoms with Crippen LogP contribution in [0, 0.1) is 5.92 Å². The maximum absolute atomic E-state index is 10.9. The van der Waals surface area contributed by atoms with Crippen molar-refractivity contribution in [1.82, 2.24) is 9.79 Å². The zero-order valence-corrected chi connectivity index (χ0v) is 10.5. The van der Waals surface area contributed by atoms with Crippen LogP contribution in [-0.2, 0) is 14.4 Å². The van der Waals surface area contributed by atoms with Gasteiger partial charge in [-0.25, -0.2) is 0 Å². The zero-order chi connectivity index (χ0) is 11.8. The lowest BCUT2D eigenvalue weighted by Crippen LogP contribution is -2.32. The number of piperidine rings is 1. The van der Waals surface area contributed by atoms with Crippen LogP contribution < -0.4 is 4.89 Å². The summed E-state index contributed by atoms with van der Waals surface area (Å²) < 4.78 is 5.45. The van der Waals surface area contributed by atoms with Crippen LogP contribution in [0.25, 0.3) is 0 Å². The lowest BCUT2D eigenvalue weighted by atomic mass is 9.98. The van der Waals surface area contributed by atoms with Crippen molar-refractivity contribution in [2.75, 3.05) is 33.4 Å². The highest BCUT2D eigenvalue weighted by Crippen LogP contribution is 2.15. The van der Waals surface area contributed by atoms with Crippen LogP contribution in [0.3, 0.4) is 0 Å². The van der Waals surface area contributed by atoms with E-state index in [1.54, 1.807) is 0 Å². The fraction of sp³-hybridized carbons (Fsp3) is 0.900. The number of thiol groups is 1. The molecule has 0 aromatic carbocycles. The van der Waals surface area contributed by atoms with E-state index in [0.717, 1.165) is 19.7 Å². The first kappa shape index (κ1) is 13.8. The van der Waals surface area contributed by atoms with Crippen molar-refractivity contribution in [3.05, 3.63) is 0 Å². The van der Waals surface area contributed by atoms with Crippen molar-refractivity contribution in [3.63, 3.8) is 0 Å². The minimum Gasteiger partial charge on any atom is -0.381 e. The molecule has 0 spiro atoms. The number of nitrogens with one attached hydrogen (secondary N) is 1. The van der Waals surface area contributed by atoms with Gasteiger partial charge in [0, 0.05) is 6.61 Å². The van der Waals surface area contributed by atoms with Gasteiger partial charge in [0.2, 0.25) is 0 Å². The number of hydrogen-bond acceptors (Lipinski definition) is 6. The predicted octanol–water partition coefficient (Wildman–Crippen LogP) is 0.628. The summed E-state index contributed by atoms with van der Waals surface area (Å²) in [6.45, 7) is 3.44. The average Bonchev–Trinajstić information content (AvgIpc) is 2.27. The quantitative estimate of drug-likeness (QED) is 0.410. The molecular weight excluding hydrogens is 228 g/mol. The number of nitrogens with zero attached hydrogens (tertiary/aromatic N) is 1. The zero-order valence-electron chi connectivity index (χ0n) is 9.65. The third-order valence-electron chi connectivity index (χ3n) is 2.80. The van der Waals surface area contributed by atoms with Crippen molar-refractivity contribution in [1.29, 1.82) is 0 Å². The Morgan fingerprint density at radius 2 is 2.19 bits per heavy atom. The molecule has 0 aromatic heterocycles. The van der Waals surface area contributed by atoms with E-state index in [4.69, 9.17) is 4.74 Å². The Kier molecular flexibility index (Phi) is 6.79. The maximum Gasteiger partial charge on any atom is 0.328 e. The van der Waals surface area contributed by atoms with Gasteiger partial charge in [-0.1, -0.05) is 17.7 Å². The summed E-state index contributed by atoms with van der Waals surface area (Å²) in [7, 11) is 2.14. The highest BCUT2D eigenvalue weighted by atomic mass is 32.1. The van der Waals surface area contributed by atoms with Crippen molar-refractivity contribution < 1.29 is 14.4 Å². The van der Waals surface area contributed by atoms with E-state index in [2.05, 4.69) is 29.6 Å². The molecular formula is C10H20N2O3S. The molecule has 1 heterocycles. The molecule has 1 N–H and O–H groups in total.